The van der Waals surface area contributed by atoms with Crippen LogP contribution in [0.4, 0.5) is 8.78 Å². The predicted molar refractivity (Wildman–Crippen MR) is 118 cm³/mol. The number of rotatable bonds is 6. The first-order valence-corrected chi connectivity index (χ1v) is 11.1. The van der Waals surface area contributed by atoms with Crippen LogP contribution in [0.1, 0.15) is 36.1 Å². The molecule has 1 aromatic carbocycles. The van der Waals surface area contributed by atoms with E-state index in [1.54, 1.807) is 17.4 Å². The molecule has 1 aliphatic heterocycles. The van der Waals surface area contributed by atoms with Crippen molar-refractivity contribution in [3.63, 3.8) is 0 Å². The molecule has 164 valence electrons. The third-order valence-corrected chi connectivity index (χ3v) is 6.35. The van der Waals surface area contributed by atoms with Crippen molar-refractivity contribution < 1.29 is 18.3 Å². The first-order chi connectivity index (χ1) is 15.4. The number of likely N-dealkylation sites (N-methyl/N-ethyl adjacent to an activating group) is 1. The summed E-state index contributed by atoms with van der Waals surface area (Å²) in [6.07, 6.45) is 0.558. The van der Waals surface area contributed by atoms with Crippen LogP contribution in [0.25, 0.3) is 11.1 Å². The number of aromatic nitrogens is 1. The van der Waals surface area contributed by atoms with Crippen LogP contribution < -0.4 is 10.5 Å². The SMILES string of the molecule is CN1C(=O)C(c2cc(OC3CC3)cc(-c3ccsc3)c2)(c2ccnc(C(F)F)c2)N=C1N. The van der Waals surface area contributed by atoms with Gasteiger partial charge in [-0.3, -0.25) is 14.7 Å². The van der Waals surface area contributed by atoms with Crippen LogP contribution in [-0.2, 0) is 10.3 Å². The standard InChI is InChI=1S/C23H20F2N4O2S/c1-29-21(30)23(28-22(29)26,15-4-6-27-19(11-15)20(24)25)16-8-14(13-5-7-32-12-13)9-18(10-16)31-17-2-3-17/h4-12,17,20H,2-3H2,1H3,(H2,26,28). The number of alkyl halides is 2. The van der Waals surface area contributed by atoms with Crippen LogP contribution in [-0.4, -0.2) is 34.9 Å². The van der Waals surface area contributed by atoms with Crippen molar-refractivity contribution in [1.29, 1.82) is 0 Å². The van der Waals surface area contributed by atoms with Gasteiger partial charge in [0.2, 0.25) is 0 Å². The first-order valence-electron chi connectivity index (χ1n) is 10.1. The number of carbonyl (C=O) groups excluding carboxylic acids is 1. The highest BCUT2D eigenvalue weighted by Crippen LogP contribution is 2.43. The van der Waals surface area contributed by atoms with Crippen molar-refractivity contribution in [1.82, 2.24) is 9.88 Å². The summed E-state index contributed by atoms with van der Waals surface area (Å²) in [5, 5.41) is 3.95. The zero-order chi connectivity index (χ0) is 22.5. The van der Waals surface area contributed by atoms with Crippen LogP contribution in [0.5, 0.6) is 5.75 Å². The molecule has 1 amide bonds. The van der Waals surface area contributed by atoms with Crippen molar-refractivity contribution in [2.24, 2.45) is 10.7 Å². The maximum Gasteiger partial charge on any atom is 0.280 e. The minimum Gasteiger partial charge on any atom is -0.490 e. The number of benzene rings is 1. The van der Waals surface area contributed by atoms with E-state index < -0.39 is 23.6 Å². The van der Waals surface area contributed by atoms with Crippen molar-refractivity contribution >= 4 is 23.2 Å². The van der Waals surface area contributed by atoms with Gasteiger partial charge in [-0.25, -0.2) is 13.8 Å². The van der Waals surface area contributed by atoms with Crippen molar-refractivity contribution in [3.8, 4) is 16.9 Å². The highest BCUT2D eigenvalue weighted by atomic mass is 32.1. The van der Waals surface area contributed by atoms with Gasteiger partial charge < -0.3 is 10.5 Å². The second-order valence-corrected chi connectivity index (χ2v) is 8.67. The number of carbonyl (C=O) groups is 1. The van der Waals surface area contributed by atoms with Gasteiger partial charge in [0.15, 0.2) is 11.5 Å². The van der Waals surface area contributed by atoms with Gasteiger partial charge >= 0.3 is 0 Å². The number of amides is 1. The van der Waals surface area contributed by atoms with Gasteiger partial charge in [-0.05, 0) is 82.3 Å². The largest absolute Gasteiger partial charge is 0.490 e. The highest BCUT2D eigenvalue weighted by Gasteiger charge is 2.50. The molecule has 1 aliphatic carbocycles. The molecule has 9 heteroatoms. The van der Waals surface area contributed by atoms with Gasteiger partial charge in [0.25, 0.3) is 12.3 Å². The minimum absolute atomic E-state index is 0.0102. The number of nitrogens with zero attached hydrogens (tertiary/aromatic N) is 3. The number of thiophene rings is 1. The highest BCUT2D eigenvalue weighted by molar-refractivity contribution is 7.08. The van der Waals surface area contributed by atoms with E-state index in [-0.39, 0.29) is 17.6 Å². The Balaban J connectivity index is 1.75. The predicted octanol–water partition coefficient (Wildman–Crippen LogP) is 4.32. The lowest BCUT2D eigenvalue weighted by atomic mass is 9.81. The average Bonchev–Trinajstić information content (AvgIpc) is 3.36. The van der Waals surface area contributed by atoms with Crippen LogP contribution in [0.2, 0.25) is 0 Å². The van der Waals surface area contributed by atoms with E-state index in [0.29, 0.717) is 11.3 Å². The van der Waals surface area contributed by atoms with Crippen LogP contribution in [0.3, 0.4) is 0 Å². The summed E-state index contributed by atoms with van der Waals surface area (Å²) in [6.45, 7) is 0. The molecule has 3 heterocycles. The van der Waals surface area contributed by atoms with Crippen molar-refractivity contribution in [2.45, 2.75) is 30.9 Å². The molecular formula is C23H20F2N4O2S. The van der Waals surface area contributed by atoms with Crippen molar-refractivity contribution in [3.05, 3.63) is 70.2 Å². The number of aliphatic imine (C=N–C) groups is 1. The Labute approximate surface area is 187 Å². The number of pyridine rings is 1. The van der Waals surface area contributed by atoms with Crippen molar-refractivity contribution in [2.75, 3.05) is 7.05 Å². The quantitative estimate of drug-likeness (QED) is 0.602. The topological polar surface area (TPSA) is 80.8 Å². The molecule has 1 fully saturated rings. The monoisotopic (exact) mass is 454 g/mol. The van der Waals surface area contributed by atoms with Gasteiger partial charge in [-0.15, -0.1) is 0 Å². The van der Waals surface area contributed by atoms with Crippen LogP contribution in [0.15, 0.2) is 58.3 Å². The maximum atomic E-state index is 13.5. The zero-order valence-electron chi connectivity index (χ0n) is 17.2. The van der Waals surface area contributed by atoms with Gasteiger partial charge in [-0.1, -0.05) is 0 Å². The molecule has 6 nitrogen and oxygen atoms in total. The molecule has 5 rings (SSSR count). The van der Waals surface area contributed by atoms with E-state index >= 15 is 0 Å². The molecule has 32 heavy (non-hydrogen) atoms. The molecule has 1 unspecified atom stereocenters. The summed E-state index contributed by atoms with van der Waals surface area (Å²) in [4.78, 5) is 23.1. The van der Waals surface area contributed by atoms with Gasteiger partial charge in [0.05, 0.1) is 6.10 Å². The fourth-order valence-electron chi connectivity index (χ4n) is 3.83. The number of ether oxygens (including phenoxy) is 1. The second kappa shape index (κ2) is 7.67. The second-order valence-electron chi connectivity index (χ2n) is 7.89. The normalized spacial score (nSPS) is 20.7. The molecular weight excluding hydrogens is 434 g/mol. The Morgan fingerprint density at radius 3 is 2.62 bits per heavy atom. The van der Waals surface area contributed by atoms with E-state index in [1.165, 1.54) is 30.3 Å². The Morgan fingerprint density at radius 1 is 1.19 bits per heavy atom. The van der Waals surface area contributed by atoms with Crippen LogP contribution >= 0.6 is 11.3 Å². The zero-order valence-corrected chi connectivity index (χ0v) is 18.0. The average molecular weight is 455 g/mol. The Morgan fingerprint density at radius 2 is 2.00 bits per heavy atom. The molecule has 0 saturated heterocycles. The summed E-state index contributed by atoms with van der Waals surface area (Å²) >= 11 is 1.55. The fraction of sp³-hybridized carbons (Fsp3) is 0.261. The summed E-state index contributed by atoms with van der Waals surface area (Å²) in [7, 11) is 1.52. The van der Waals surface area contributed by atoms with E-state index in [0.717, 1.165) is 24.0 Å². The number of halogens is 2. The third kappa shape index (κ3) is 3.42. The van der Waals surface area contributed by atoms with Gasteiger partial charge in [0, 0.05) is 13.2 Å². The molecule has 1 saturated carbocycles. The molecule has 3 aromatic rings. The van der Waals surface area contributed by atoms with E-state index in [4.69, 9.17) is 10.5 Å². The number of hydrogen-bond donors (Lipinski definition) is 1. The molecule has 1 atom stereocenters. The van der Waals surface area contributed by atoms with E-state index in [9.17, 15) is 13.6 Å². The maximum absolute atomic E-state index is 13.5. The molecule has 0 radical (unpaired) electrons. The summed E-state index contributed by atoms with van der Waals surface area (Å²) in [5.74, 6) is 0.183. The lowest BCUT2D eigenvalue weighted by molar-refractivity contribution is -0.129. The Bertz CT molecular complexity index is 1210. The smallest absolute Gasteiger partial charge is 0.280 e. The summed E-state index contributed by atoms with van der Waals surface area (Å²) in [6, 6.07) is 10.2. The molecule has 0 bridgehead atoms. The minimum atomic E-state index is -2.78. The summed E-state index contributed by atoms with van der Waals surface area (Å²) < 4.78 is 32.9. The summed E-state index contributed by atoms with van der Waals surface area (Å²) in [5.41, 5.74) is 6.59. The molecule has 2 aromatic heterocycles. The van der Waals surface area contributed by atoms with E-state index in [1.807, 2.05) is 29.0 Å². The lowest BCUT2D eigenvalue weighted by Gasteiger charge is -2.27. The Hall–Kier alpha value is -3.33. The number of nitrogens with two attached hydrogens (primary N) is 1. The fourth-order valence-corrected chi connectivity index (χ4v) is 4.49. The number of guanidine groups is 1. The van der Waals surface area contributed by atoms with Gasteiger partial charge in [-0.2, -0.15) is 11.3 Å². The number of hydrogen-bond acceptors (Lipinski definition) is 6. The Kier molecular flexibility index (Phi) is 4.93. The molecule has 2 N–H and O–H groups in total. The van der Waals surface area contributed by atoms with E-state index in [2.05, 4.69) is 9.98 Å². The third-order valence-electron chi connectivity index (χ3n) is 5.67. The van der Waals surface area contributed by atoms with Crippen LogP contribution in [0, 0.1) is 0 Å². The van der Waals surface area contributed by atoms with Gasteiger partial charge in [0.1, 0.15) is 11.4 Å². The molecule has 0 spiro atoms. The first kappa shape index (κ1) is 20.6. The molecule has 2 aliphatic rings. The lowest BCUT2D eigenvalue weighted by Crippen LogP contribution is -2.41.